The van der Waals surface area contributed by atoms with E-state index >= 15 is 0 Å². The van der Waals surface area contributed by atoms with Crippen molar-refractivity contribution in [2.24, 2.45) is 11.7 Å². The molecule has 2 N–H and O–H groups in total. The highest BCUT2D eigenvalue weighted by atomic mass is 32.2. The second-order valence-electron chi connectivity index (χ2n) is 4.86. The van der Waals surface area contributed by atoms with Gasteiger partial charge >= 0.3 is 0 Å². The van der Waals surface area contributed by atoms with E-state index in [1.165, 1.54) is 24.6 Å². The number of nitrogens with two attached hydrogens (primary N) is 1. The zero-order valence-corrected chi connectivity index (χ0v) is 12.7. The predicted molar refractivity (Wildman–Crippen MR) is 76.6 cm³/mol. The average molecular weight is 286 g/mol. The molecule has 7 heteroatoms. The third-order valence-electron chi connectivity index (χ3n) is 2.88. The SMILES string of the molecule is CC(CN)CN(C)c1ccc(S(=O)(=O)N(C)C)cn1. The minimum absolute atomic E-state index is 0.196. The standard InChI is InChI=1S/C12H22N4O2S/c1-10(7-13)9-16(4)12-6-5-11(8-14-12)19(17,18)15(2)3/h5-6,8,10H,7,9,13H2,1-4H3. The van der Waals surface area contributed by atoms with Gasteiger partial charge < -0.3 is 10.6 Å². The molecule has 1 rings (SSSR count). The van der Waals surface area contributed by atoms with Crippen LogP contribution in [-0.2, 0) is 10.0 Å². The van der Waals surface area contributed by atoms with E-state index < -0.39 is 10.0 Å². The molecule has 0 saturated heterocycles. The molecule has 0 saturated carbocycles. The summed E-state index contributed by atoms with van der Waals surface area (Å²) >= 11 is 0. The predicted octanol–water partition coefficient (Wildman–Crippen LogP) is 0.363. The largest absolute Gasteiger partial charge is 0.359 e. The normalized spacial score (nSPS) is 13.6. The van der Waals surface area contributed by atoms with E-state index in [9.17, 15) is 8.42 Å². The third kappa shape index (κ3) is 3.89. The number of hydrogen-bond donors (Lipinski definition) is 1. The van der Waals surface area contributed by atoms with Gasteiger partial charge in [0.25, 0.3) is 0 Å². The first-order valence-electron chi connectivity index (χ1n) is 6.08. The lowest BCUT2D eigenvalue weighted by atomic mass is 10.2. The summed E-state index contributed by atoms with van der Waals surface area (Å²) in [6.07, 6.45) is 1.38. The fourth-order valence-corrected chi connectivity index (χ4v) is 2.44. The fourth-order valence-electron chi connectivity index (χ4n) is 1.60. The molecule has 0 radical (unpaired) electrons. The molecule has 1 aromatic heterocycles. The van der Waals surface area contributed by atoms with Crippen LogP contribution < -0.4 is 10.6 Å². The second-order valence-corrected chi connectivity index (χ2v) is 7.01. The summed E-state index contributed by atoms with van der Waals surface area (Å²) in [5.41, 5.74) is 5.58. The number of sulfonamides is 1. The summed E-state index contributed by atoms with van der Waals surface area (Å²) in [4.78, 5) is 6.35. The molecule has 0 bridgehead atoms. The number of anilines is 1. The Labute approximate surface area is 115 Å². The van der Waals surface area contributed by atoms with Crippen LogP contribution in [0.25, 0.3) is 0 Å². The zero-order valence-electron chi connectivity index (χ0n) is 11.9. The van der Waals surface area contributed by atoms with Crippen molar-refractivity contribution in [3.05, 3.63) is 18.3 Å². The van der Waals surface area contributed by atoms with Crippen LogP contribution in [-0.4, -0.2) is 51.9 Å². The van der Waals surface area contributed by atoms with Crippen LogP contribution in [0.2, 0.25) is 0 Å². The number of hydrogen-bond acceptors (Lipinski definition) is 5. The van der Waals surface area contributed by atoms with Crippen LogP contribution in [0.3, 0.4) is 0 Å². The summed E-state index contributed by atoms with van der Waals surface area (Å²) in [5, 5.41) is 0. The van der Waals surface area contributed by atoms with E-state index in [0.29, 0.717) is 12.5 Å². The molecule has 0 aliphatic rings. The molecule has 19 heavy (non-hydrogen) atoms. The van der Waals surface area contributed by atoms with Crippen molar-refractivity contribution in [1.82, 2.24) is 9.29 Å². The summed E-state index contributed by atoms with van der Waals surface area (Å²) < 4.78 is 25.0. The quantitative estimate of drug-likeness (QED) is 0.817. The highest BCUT2D eigenvalue weighted by molar-refractivity contribution is 7.89. The molecule has 1 atom stereocenters. The monoisotopic (exact) mass is 286 g/mol. The van der Waals surface area contributed by atoms with Gasteiger partial charge in [0.05, 0.1) is 0 Å². The minimum Gasteiger partial charge on any atom is -0.359 e. The van der Waals surface area contributed by atoms with Crippen LogP contribution in [0, 0.1) is 5.92 Å². The van der Waals surface area contributed by atoms with Gasteiger partial charge in [0.2, 0.25) is 10.0 Å². The van der Waals surface area contributed by atoms with Crippen molar-refractivity contribution in [2.75, 3.05) is 39.1 Å². The number of pyridine rings is 1. The Morgan fingerprint density at radius 2 is 1.95 bits per heavy atom. The van der Waals surface area contributed by atoms with E-state index in [1.807, 2.05) is 11.9 Å². The van der Waals surface area contributed by atoms with Gasteiger partial charge in [-0.25, -0.2) is 17.7 Å². The molecule has 0 aromatic carbocycles. The Morgan fingerprint density at radius 3 is 2.37 bits per heavy atom. The summed E-state index contributed by atoms with van der Waals surface area (Å²) in [6.45, 7) is 3.45. The lowest BCUT2D eigenvalue weighted by molar-refractivity contribution is 0.520. The average Bonchev–Trinajstić information content (AvgIpc) is 2.38. The molecule has 108 valence electrons. The maximum absolute atomic E-state index is 11.9. The van der Waals surface area contributed by atoms with Gasteiger partial charge in [-0.1, -0.05) is 6.92 Å². The van der Waals surface area contributed by atoms with E-state index in [1.54, 1.807) is 12.1 Å². The number of nitrogens with zero attached hydrogens (tertiary/aromatic N) is 3. The molecule has 0 spiro atoms. The molecule has 0 amide bonds. The van der Waals surface area contributed by atoms with Crippen LogP contribution in [0.4, 0.5) is 5.82 Å². The Balaban J connectivity index is 2.88. The van der Waals surface area contributed by atoms with Crippen LogP contribution in [0.1, 0.15) is 6.92 Å². The van der Waals surface area contributed by atoms with E-state index in [0.717, 1.165) is 12.4 Å². The minimum atomic E-state index is -3.41. The van der Waals surface area contributed by atoms with Gasteiger partial charge in [-0.15, -0.1) is 0 Å². The van der Waals surface area contributed by atoms with E-state index in [-0.39, 0.29) is 4.90 Å². The molecule has 0 fully saturated rings. The third-order valence-corrected chi connectivity index (χ3v) is 4.68. The van der Waals surface area contributed by atoms with Crippen molar-refractivity contribution in [1.29, 1.82) is 0 Å². The highest BCUT2D eigenvalue weighted by Crippen LogP contribution is 2.16. The second kappa shape index (κ2) is 6.31. The Kier molecular flexibility index (Phi) is 5.28. The lowest BCUT2D eigenvalue weighted by Gasteiger charge is -2.21. The molecule has 1 aromatic rings. The van der Waals surface area contributed by atoms with Crippen LogP contribution in [0.15, 0.2) is 23.2 Å². The Morgan fingerprint density at radius 1 is 1.32 bits per heavy atom. The first-order valence-corrected chi connectivity index (χ1v) is 7.52. The molecule has 1 heterocycles. The zero-order chi connectivity index (χ0) is 14.6. The van der Waals surface area contributed by atoms with Crippen molar-refractivity contribution in [2.45, 2.75) is 11.8 Å². The van der Waals surface area contributed by atoms with Gasteiger partial charge in [0.15, 0.2) is 0 Å². The van der Waals surface area contributed by atoms with E-state index in [2.05, 4.69) is 11.9 Å². The summed E-state index contributed by atoms with van der Waals surface area (Å²) in [5.74, 6) is 1.09. The molecule has 0 aliphatic carbocycles. The Hall–Kier alpha value is -1.18. The van der Waals surface area contributed by atoms with Gasteiger partial charge in [-0.05, 0) is 24.6 Å². The topological polar surface area (TPSA) is 79.5 Å². The van der Waals surface area contributed by atoms with Gasteiger partial charge in [-0.2, -0.15) is 0 Å². The van der Waals surface area contributed by atoms with Crippen LogP contribution >= 0.6 is 0 Å². The lowest BCUT2D eigenvalue weighted by Crippen LogP contribution is -2.29. The maximum atomic E-state index is 11.9. The van der Waals surface area contributed by atoms with Crippen molar-refractivity contribution in [3.8, 4) is 0 Å². The number of rotatable bonds is 6. The van der Waals surface area contributed by atoms with E-state index in [4.69, 9.17) is 5.73 Å². The van der Waals surface area contributed by atoms with Crippen LogP contribution in [0.5, 0.6) is 0 Å². The fraction of sp³-hybridized carbons (Fsp3) is 0.583. The van der Waals surface area contributed by atoms with Gasteiger partial charge in [0.1, 0.15) is 10.7 Å². The van der Waals surface area contributed by atoms with Gasteiger partial charge in [0, 0.05) is 33.9 Å². The van der Waals surface area contributed by atoms with Gasteiger partial charge in [-0.3, -0.25) is 0 Å². The Bertz CT molecular complexity index is 499. The smallest absolute Gasteiger partial charge is 0.244 e. The summed E-state index contributed by atoms with van der Waals surface area (Å²) in [7, 11) is 1.49. The van der Waals surface area contributed by atoms with Crippen molar-refractivity contribution >= 4 is 15.8 Å². The first kappa shape index (κ1) is 15.9. The highest BCUT2D eigenvalue weighted by Gasteiger charge is 2.17. The number of aromatic nitrogens is 1. The van der Waals surface area contributed by atoms with Crippen molar-refractivity contribution in [3.63, 3.8) is 0 Å². The molecular formula is C12H22N4O2S. The molecule has 6 nitrogen and oxygen atoms in total. The molecule has 1 unspecified atom stereocenters. The molecular weight excluding hydrogens is 264 g/mol. The molecule has 0 aliphatic heterocycles. The summed E-state index contributed by atoms with van der Waals surface area (Å²) in [6, 6.07) is 3.28. The maximum Gasteiger partial charge on any atom is 0.244 e. The van der Waals surface area contributed by atoms with Crippen molar-refractivity contribution < 1.29 is 8.42 Å². The first-order chi connectivity index (χ1) is 8.78.